The molecular formula is C23H31N3O5S. The third-order valence-electron chi connectivity index (χ3n) is 7.24. The summed E-state index contributed by atoms with van der Waals surface area (Å²) in [6, 6.07) is -0.521. The van der Waals surface area contributed by atoms with Gasteiger partial charge in [0.15, 0.2) is 0 Å². The predicted molar refractivity (Wildman–Crippen MR) is 121 cm³/mol. The van der Waals surface area contributed by atoms with Crippen LogP contribution in [0.5, 0.6) is 0 Å². The van der Waals surface area contributed by atoms with Crippen LogP contribution in [0, 0.1) is 11.8 Å². The second-order valence-electron chi connectivity index (χ2n) is 9.35. The molecule has 1 spiro atoms. The summed E-state index contributed by atoms with van der Waals surface area (Å²) >= 11 is 1.38. The minimum absolute atomic E-state index is 0.320. The van der Waals surface area contributed by atoms with Crippen LogP contribution in [0.3, 0.4) is 0 Å². The molecule has 1 aromatic rings. The maximum absolute atomic E-state index is 13.1. The van der Waals surface area contributed by atoms with E-state index >= 15 is 0 Å². The Morgan fingerprint density at radius 3 is 2.62 bits per heavy atom. The van der Waals surface area contributed by atoms with Crippen molar-refractivity contribution >= 4 is 40.2 Å². The van der Waals surface area contributed by atoms with Gasteiger partial charge < -0.3 is 15.4 Å². The lowest BCUT2D eigenvalue weighted by atomic mass is 9.75. The van der Waals surface area contributed by atoms with Crippen LogP contribution in [0.2, 0.25) is 0 Å². The molecule has 1 unspecified atom stereocenters. The lowest BCUT2D eigenvalue weighted by Gasteiger charge is -2.34. The highest BCUT2D eigenvalue weighted by atomic mass is 32.1. The Kier molecular flexibility index (Phi) is 6.29. The Morgan fingerprint density at radius 2 is 1.97 bits per heavy atom. The van der Waals surface area contributed by atoms with Gasteiger partial charge in [-0.05, 0) is 62.3 Å². The van der Waals surface area contributed by atoms with E-state index in [4.69, 9.17) is 4.74 Å². The number of hydrogen-bond donors (Lipinski definition) is 2. The summed E-state index contributed by atoms with van der Waals surface area (Å²) in [6.07, 6.45) is 6.66. The molecule has 1 saturated heterocycles. The SMILES string of the molecule is CCC1CCC2(CC1)NC(=O)N(CC(=O)Nc1sc3c(c1C(=O)OC)CCC(C)C3)C2=O. The van der Waals surface area contributed by atoms with E-state index in [-0.39, 0.29) is 12.5 Å². The van der Waals surface area contributed by atoms with Crippen LogP contribution in [-0.4, -0.2) is 47.9 Å². The van der Waals surface area contributed by atoms with Crippen molar-refractivity contribution in [1.29, 1.82) is 0 Å². The van der Waals surface area contributed by atoms with Crippen LogP contribution in [0.4, 0.5) is 9.80 Å². The molecule has 174 valence electrons. The van der Waals surface area contributed by atoms with Crippen LogP contribution >= 0.6 is 11.3 Å². The van der Waals surface area contributed by atoms with E-state index < -0.39 is 23.4 Å². The molecule has 0 bridgehead atoms. The summed E-state index contributed by atoms with van der Waals surface area (Å²) in [6.45, 7) is 3.93. The van der Waals surface area contributed by atoms with Crippen LogP contribution in [-0.2, 0) is 27.2 Å². The maximum Gasteiger partial charge on any atom is 0.341 e. The molecule has 9 heteroatoms. The van der Waals surface area contributed by atoms with E-state index in [1.165, 1.54) is 18.4 Å². The second kappa shape index (κ2) is 8.84. The molecule has 0 radical (unpaired) electrons. The van der Waals surface area contributed by atoms with Crippen molar-refractivity contribution in [2.75, 3.05) is 19.0 Å². The molecule has 1 aromatic heterocycles. The van der Waals surface area contributed by atoms with E-state index in [1.807, 2.05) is 0 Å². The zero-order valence-corrected chi connectivity index (χ0v) is 19.7. The molecule has 2 heterocycles. The topological polar surface area (TPSA) is 105 Å². The number of urea groups is 1. The Labute approximate surface area is 192 Å². The molecule has 2 fully saturated rings. The number of imide groups is 1. The molecule has 4 rings (SSSR count). The second-order valence-corrected chi connectivity index (χ2v) is 10.5. The monoisotopic (exact) mass is 461 g/mol. The van der Waals surface area contributed by atoms with E-state index in [0.29, 0.717) is 35.2 Å². The van der Waals surface area contributed by atoms with Crippen molar-refractivity contribution in [2.24, 2.45) is 11.8 Å². The minimum atomic E-state index is -0.877. The Bertz CT molecular complexity index is 948. The first-order valence-electron chi connectivity index (χ1n) is 11.4. The largest absolute Gasteiger partial charge is 0.465 e. The summed E-state index contributed by atoms with van der Waals surface area (Å²) in [7, 11) is 1.32. The van der Waals surface area contributed by atoms with Crippen molar-refractivity contribution in [3.8, 4) is 0 Å². The van der Waals surface area contributed by atoms with Crippen LogP contribution < -0.4 is 10.6 Å². The van der Waals surface area contributed by atoms with Crippen molar-refractivity contribution in [1.82, 2.24) is 10.2 Å². The Morgan fingerprint density at radius 1 is 1.25 bits per heavy atom. The first kappa shape index (κ1) is 22.8. The van der Waals surface area contributed by atoms with Crippen molar-refractivity contribution in [2.45, 2.75) is 70.8 Å². The molecule has 3 aliphatic rings. The van der Waals surface area contributed by atoms with E-state index in [2.05, 4.69) is 24.5 Å². The van der Waals surface area contributed by atoms with Gasteiger partial charge in [-0.3, -0.25) is 14.5 Å². The summed E-state index contributed by atoms with van der Waals surface area (Å²) < 4.78 is 4.96. The molecule has 32 heavy (non-hydrogen) atoms. The number of methoxy groups -OCH3 is 1. The Hall–Kier alpha value is -2.42. The zero-order chi connectivity index (χ0) is 23.0. The molecule has 1 aliphatic heterocycles. The van der Waals surface area contributed by atoms with Gasteiger partial charge in [0.2, 0.25) is 5.91 Å². The molecule has 8 nitrogen and oxygen atoms in total. The van der Waals surface area contributed by atoms with Gasteiger partial charge in [-0.2, -0.15) is 0 Å². The van der Waals surface area contributed by atoms with E-state index in [1.54, 1.807) is 0 Å². The van der Waals surface area contributed by atoms with Gasteiger partial charge >= 0.3 is 12.0 Å². The Balaban J connectivity index is 1.48. The summed E-state index contributed by atoms with van der Waals surface area (Å²) in [5.74, 6) is -0.203. The van der Waals surface area contributed by atoms with Gasteiger partial charge in [-0.1, -0.05) is 20.3 Å². The first-order valence-corrected chi connectivity index (χ1v) is 12.3. The average Bonchev–Trinajstić information content (AvgIpc) is 3.23. The highest BCUT2D eigenvalue weighted by Crippen LogP contribution is 2.40. The lowest BCUT2D eigenvalue weighted by Crippen LogP contribution is -2.49. The molecule has 4 amide bonds. The van der Waals surface area contributed by atoms with Crippen molar-refractivity contribution in [3.63, 3.8) is 0 Å². The number of rotatable bonds is 5. The summed E-state index contributed by atoms with van der Waals surface area (Å²) in [4.78, 5) is 53.0. The smallest absolute Gasteiger partial charge is 0.341 e. The molecule has 1 saturated carbocycles. The number of hydrogen-bond acceptors (Lipinski definition) is 6. The number of thiophene rings is 1. The third-order valence-corrected chi connectivity index (χ3v) is 8.41. The molecule has 2 N–H and O–H groups in total. The minimum Gasteiger partial charge on any atom is -0.465 e. The molecular weight excluding hydrogens is 430 g/mol. The van der Waals surface area contributed by atoms with E-state index in [9.17, 15) is 19.2 Å². The van der Waals surface area contributed by atoms with Crippen LogP contribution in [0.15, 0.2) is 0 Å². The number of carbonyl (C=O) groups is 4. The number of amides is 4. The van der Waals surface area contributed by atoms with Gasteiger partial charge in [0.25, 0.3) is 5.91 Å². The van der Waals surface area contributed by atoms with Gasteiger partial charge in [0, 0.05) is 4.88 Å². The number of esters is 1. The van der Waals surface area contributed by atoms with E-state index in [0.717, 1.165) is 53.9 Å². The number of nitrogens with one attached hydrogen (secondary N) is 2. The van der Waals surface area contributed by atoms with Gasteiger partial charge in [0.1, 0.15) is 17.1 Å². The number of fused-ring (bicyclic) bond motifs is 1. The van der Waals surface area contributed by atoms with Crippen molar-refractivity contribution in [3.05, 3.63) is 16.0 Å². The standard InChI is InChI=1S/C23H31N3O5S/c1-4-14-7-9-23(10-8-14)21(29)26(22(30)25-23)12-17(27)24-19-18(20(28)31-3)15-6-5-13(2)11-16(15)32-19/h13-14H,4-12H2,1-3H3,(H,24,27)(H,25,30). The molecule has 0 aromatic carbocycles. The number of nitrogens with zero attached hydrogens (tertiary/aromatic N) is 1. The fourth-order valence-corrected chi connectivity index (χ4v) is 6.62. The van der Waals surface area contributed by atoms with Gasteiger partial charge in [-0.25, -0.2) is 9.59 Å². The van der Waals surface area contributed by atoms with Gasteiger partial charge in [-0.15, -0.1) is 11.3 Å². The van der Waals surface area contributed by atoms with Crippen LogP contribution in [0.25, 0.3) is 0 Å². The van der Waals surface area contributed by atoms with Gasteiger partial charge in [0.05, 0.1) is 12.7 Å². The predicted octanol–water partition coefficient (Wildman–Crippen LogP) is 3.49. The summed E-state index contributed by atoms with van der Waals surface area (Å²) in [5.41, 5.74) is 0.467. The normalized spacial score (nSPS) is 27.3. The lowest BCUT2D eigenvalue weighted by molar-refractivity contribution is -0.135. The first-order chi connectivity index (χ1) is 15.3. The molecule has 1 atom stereocenters. The van der Waals surface area contributed by atoms with Crippen molar-refractivity contribution < 1.29 is 23.9 Å². The fourth-order valence-electron chi connectivity index (χ4n) is 5.20. The number of carbonyl (C=O) groups excluding carboxylic acids is 4. The highest BCUT2D eigenvalue weighted by molar-refractivity contribution is 7.17. The molecule has 2 aliphatic carbocycles. The quantitative estimate of drug-likeness (QED) is 0.516. The van der Waals surface area contributed by atoms with Crippen LogP contribution in [0.1, 0.15) is 73.2 Å². The average molecular weight is 462 g/mol. The zero-order valence-electron chi connectivity index (χ0n) is 18.9. The fraction of sp³-hybridized carbons (Fsp3) is 0.652. The number of ether oxygens (including phenoxy) is 1. The maximum atomic E-state index is 13.1. The number of anilines is 1. The summed E-state index contributed by atoms with van der Waals surface area (Å²) in [5, 5.41) is 6.07. The third kappa shape index (κ3) is 4.02. The highest BCUT2D eigenvalue weighted by Gasteiger charge is 2.52.